The highest BCUT2D eigenvalue weighted by atomic mass is 32.2. The highest BCUT2D eigenvalue weighted by Gasteiger charge is 2.34. The van der Waals surface area contributed by atoms with Gasteiger partial charge in [-0.2, -0.15) is 0 Å². The van der Waals surface area contributed by atoms with Crippen LogP contribution in [0.5, 0.6) is 11.5 Å². The molecule has 1 N–H and O–H groups in total. The number of phenolic OH excluding ortho intramolecular Hbond substituents is 1. The molecule has 1 aliphatic rings. The second-order valence-corrected chi connectivity index (χ2v) is 7.04. The molecule has 0 atom stereocenters. The van der Waals surface area contributed by atoms with E-state index in [0.29, 0.717) is 35.8 Å². The maximum absolute atomic E-state index is 12.6. The molecular weight excluding hydrogens is 362 g/mol. The first-order chi connectivity index (χ1) is 13.1. The van der Waals surface area contributed by atoms with E-state index in [9.17, 15) is 14.7 Å². The molecule has 2 aromatic rings. The third-order valence-corrected chi connectivity index (χ3v) is 5.09. The van der Waals surface area contributed by atoms with Gasteiger partial charge < -0.3 is 9.84 Å². The van der Waals surface area contributed by atoms with Crippen molar-refractivity contribution >= 4 is 29.0 Å². The van der Waals surface area contributed by atoms with Crippen LogP contribution in [0.2, 0.25) is 0 Å². The molecule has 2 aromatic carbocycles. The van der Waals surface area contributed by atoms with E-state index < -0.39 is 0 Å². The fourth-order valence-corrected chi connectivity index (χ4v) is 3.70. The molecule has 0 spiro atoms. The summed E-state index contributed by atoms with van der Waals surface area (Å²) < 4.78 is 5.36. The first kappa shape index (κ1) is 19.0. The smallest absolute Gasteiger partial charge is 0.293 e. The molecule has 0 bridgehead atoms. The average Bonchev–Trinajstić information content (AvgIpc) is 2.93. The quantitative estimate of drug-likeness (QED) is 0.715. The van der Waals surface area contributed by atoms with Gasteiger partial charge in [0.05, 0.1) is 11.5 Å². The third-order valence-electron chi connectivity index (χ3n) is 4.18. The summed E-state index contributed by atoms with van der Waals surface area (Å²) in [5.74, 6) is 0.00263. The Kier molecular flexibility index (Phi) is 6.19. The number of hydrogen-bond acceptors (Lipinski definition) is 5. The van der Waals surface area contributed by atoms with E-state index in [2.05, 4.69) is 0 Å². The van der Waals surface area contributed by atoms with Crippen LogP contribution in [-0.2, 0) is 11.2 Å². The first-order valence-electron chi connectivity index (χ1n) is 8.84. The maximum Gasteiger partial charge on any atom is 0.293 e. The molecule has 1 saturated heterocycles. The summed E-state index contributed by atoms with van der Waals surface area (Å²) in [6.07, 6.45) is 3.05. The van der Waals surface area contributed by atoms with Gasteiger partial charge in [-0.05, 0) is 49.2 Å². The van der Waals surface area contributed by atoms with Crippen molar-refractivity contribution < 1.29 is 19.4 Å². The Balaban J connectivity index is 1.68. The van der Waals surface area contributed by atoms with Crippen molar-refractivity contribution in [2.75, 3.05) is 13.2 Å². The molecule has 0 radical (unpaired) electrons. The van der Waals surface area contributed by atoms with Crippen molar-refractivity contribution in [2.45, 2.75) is 19.8 Å². The van der Waals surface area contributed by atoms with Crippen molar-refractivity contribution in [2.24, 2.45) is 0 Å². The van der Waals surface area contributed by atoms with Gasteiger partial charge in [0, 0.05) is 12.1 Å². The van der Waals surface area contributed by atoms with E-state index in [1.807, 2.05) is 37.3 Å². The predicted molar refractivity (Wildman–Crippen MR) is 107 cm³/mol. The number of amides is 2. The second-order valence-electron chi connectivity index (χ2n) is 6.05. The monoisotopic (exact) mass is 383 g/mol. The average molecular weight is 383 g/mol. The number of carbonyl (C=O) groups is 2. The summed E-state index contributed by atoms with van der Waals surface area (Å²) in [4.78, 5) is 26.4. The fraction of sp³-hybridized carbons (Fsp3) is 0.238. The van der Waals surface area contributed by atoms with Gasteiger partial charge in [0.1, 0.15) is 0 Å². The third kappa shape index (κ3) is 4.52. The molecule has 0 saturated carbocycles. The standard InChI is InChI=1S/C21H21NO4S/c1-2-26-17-12-6-11-16(19(17)23)14-18-20(24)22(21(25)27-18)13-7-10-15-8-4-3-5-9-15/h3-6,8-9,11-12,14,23H,2,7,10,13H2,1H3/b18-14+. The normalized spacial score (nSPS) is 15.6. The number of benzene rings is 2. The Bertz CT molecular complexity index is 864. The maximum atomic E-state index is 12.6. The minimum Gasteiger partial charge on any atom is -0.504 e. The summed E-state index contributed by atoms with van der Waals surface area (Å²) in [7, 11) is 0. The summed E-state index contributed by atoms with van der Waals surface area (Å²) in [5.41, 5.74) is 1.63. The molecule has 5 nitrogen and oxygen atoms in total. The summed E-state index contributed by atoms with van der Waals surface area (Å²) in [5, 5.41) is 10.00. The molecule has 2 amide bonds. The van der Waals surface area contributed by atoms with E-state index >= 15 is 0 Å². The van der Waals surface area contributed by atoms with Crippen molar-refractivity contribution in [3.63, 3.8) is 0 Å². The van der Waals surface area contributed by atoms with E-state index in [4.69, 9.17) is 4.74 Å². The molecule has 1 fully saturated rings. The summed E-state index contributed by atoms with van der Waals surface area (Å²) in [6, 6.07) is 15.0. The molecular formula is C21H21NO4S. The number of carbonyl (C=O) groups excluding carboxylic acids is 2. The van der Waals surface area contributed by atoms with Crippen LogP contribution in [0, 0.1) is 0 Å². The van der Waals surface area contributed by atoms with Crippen LogP contribution < -0.4 is 4.74 Å². The number of ether oxygens (including phenoxy) is 1. The fourth-order valence-electron chi connectivity index (χ4n) is 2.85. The van der Waals surface area contributed by atoms with Crippen LogP contribution in [0.3, 0.4) is 0 Å². The number of nitrogens with zero attached hydrogens (tertiary/aromatic N) is 1. The van der Waals surface area contributed by atoms with Gasteiger partial charge in [-0.25, -0.2) is 0 Å². The van der Waals surface area contributed by atoms with E-state index in [-0.39, 0.29) is 16.9 Å². The Morgan fingerprint density at radius 2 is 1.89 bits per heavy atom. The van der Waals surface area contributed by atoms with Crippen LogP contribution in [0.1, 0.15) is 24.5 Å². The van der Waals surface area contributed by atoms with Gasteiger partial charge in [0.15, 0.2) is 11.5 Å². The lowest BCUT2D eigenvalue weighted by atomic mass is 10.1. The summed E-state index contributed by atoms with van der Waals surface area (Å²) >= 11 is 0.897. The first-order valence-corrected chi connectivity index (χ1v) is 9.66. The lowest BCUT2D eigenvalue weighted by molar-refractivity contribution is -0.122. The van der Waals surface area contributed by atoms with Gasteiger partial charge in [-0.1, -0.05) is 42.5 Å². The molecule has 1 aliphatic heterocycles. The van der Waals surface area contributed by atoms with Gasteiger partial charge in [-0.3, -0.25) is 14.5 Å². The number of para-hydroxylation sites is 1. The number of imide groups is 1. The zero-order chi connectivity index (χ0) is 19.2. The lowest BCUT2D eigenvalue weighted by Gasteiger charge is -2.12. The summed E-state index contributed by atoms with van der Waals surface area (Å²) in [6.45, 7) is 2.63. The van der Waals surface area contributed by atoms with Gasteiger partial charge in [0.25, 0.3) is 11.1 Å². The topological polar surface area (TPSA) is 66.8 Å². The molecule has 27 heavy (non-hydrogen) atoms. The minimum absolute atomic E-state index is 0.0322. The van der Waals surface area contributed by atoms with Crippen LogP contribution >= 0.6 is 11.8 Å². The molecule has 1 heterocycles. The number of phenols is 1. The number of aryl methyl sites for hydroxylation is 1. The number of hydrogen-bond donors (Lipinski definition) is 1. The molecule has 3 rings (SSSR count). The van der Waals surface area contributed by atoms with E-state index in [1.165, 1.54) is 10.5 Å². The predicted octanol–water partition coefficient (Wildman–Crippen LogP) is 4.46. The molecule has 0 unspecified atom stereocenters. The number of thioether (sulfide) groups is 1. The van der Waals surface area contributed by atoms with Crippen molar-refractivity contribution in [3.05, 3.63) is 64.6 Å². The largest absolute Gasteiger partial charge is 0.504 e. The van der Waals surface area contributed by atoms with Crippen LogP contribution in [0.4, 0.5) is 4.79 Å². The van der Waals surface area contributed by atoms with Gasteiger partial charge in [-0.15, -0.1) is 0 Å². The van der Waals surface area contributed by atoms with Crippen molar-refractivity contribution in [3.8, 4) is 11.5 Å². The van der Waals surface area contributed by atoms with Gasteiger partial charge in [0.2, 0.25) is 0 Å². The van der Waals surface area contributed by atoms with Crippen molar-refractivity contribution in [1.29, 1.82) is 0 Å². The number of aromatic hydroxyl groups is 1. The molecule has 0 aliphatic carbocycles. The molecule has 6 heteroatoms. The van der Waals surface area contributed by atoms with Crippen LogP contribution in [0.15, 0.2) is 53.4 Å². The minimum atomic E-state index is -0.320. The second kappa shape index (κ2) is 8.77. The van der Waals surface area contributed by atoms with Gasteiger partial charge >= 0.3 is 0 Å². The Morgan fingerprint density at radius 3 is 2.63 bits per heavy atom. The van der Waals surface area contributed by atoms with Crippen molar-refractivity contribution in [1.82, 2.24) is 4.90 Å². The van der Waals surface area contributed by atoms with Crippen LogP contribution in [0.25, 0.3) is 6.08 Å². The Morgan fingerprint density at radius 1 is 1.11 bits per heavy atom. The molecule has 140 valence electrons. The zero-order valence-corrected chi connectivity index (χ0v) is 15.9. The SMILES string of the molecule is CCOc1cccc(/C=C2/SC(=O)N(CCCc3ccccc3)C2=O)c1O. The highest BCUT2D eigenvalue weighted by molar-refractivity contribution is 8.18. The highest BCUT2D eigenvalue weighted by Crippen LogP contribution is 2.36. The van der Waals surface area contributed by atoms with E-state index in [0.717, 1.165) is 18.2 Å². The Hall–Kier alpha value is -2.73. The lowest BCUT2D eigenvalue weighted by Crippen LogP contribution is -2.29. The zero-order valence-electron chi connectivity index (χ0n) is 15.1. The van der Waals surface area contributed by atoms with E-state index in [1.54, 1.807) is 24.3 Å². The number of rotatable bonds is 7. The molecule has 0 aromatic heterocycles. The van der Waals surface area contributed by atoms with Crippen LogP contribution in [-0.4, -0.2) is 34.3 Å². The Labute approximate surface area is 162 Å².